The van der Waals surface area contributed by atoms with Crippen molar-refractivity contribution in [1.82, 2.24) is 5.32 Å². The average Bonchev–Trinajstić information content (AvgIpc) is 2.44. The van der Waals surface area contributed by atoms with Gasteiger partial charge in [-0.15, -0.1) is 0 Å². The van der Waals surface area contributed by atoms with Gasteiger partial charge in [0, 0.05) is 12.8 Å². The number of carboxylic acids is 1. The normalized spacial score (nSPS) is 12.0. The summed E-state index contributed by atoms with van der Waals surface area (Å²) in [6.45, 7) is 3.91. The van der Waals surface area contributed by atoms with Crippen LogP contribution in [-0.2, 0) is 9.53 Å². The van der Waals surface area contributed by atoms with E-state index in [1.807, 2.05) is 19.9 Å². The maximum atomic E-state index is 12.4. The summed E-state index contributed by atoms with van der Waals surface area (Å²) in [5.41, 5.74) is 0.539. The fourth-order valence-electron chi connectivity index (χ4n) is 1.84. The summed E-state index contributed by atoms with van der Waals surface area (Å²) in [7, 11) is 1.56. The third-order valence-electron chi connectivity index (χ3n) is 3.07. The number of para-hydroxylation sites is 1. The molecule has 6 heteroatoms. The summed E-state index contributed by atoms with van der Waals surface area (Å²) in [6.07, 6.45) is 0. The van der Waals surface area contributed by atoms with Gasteiger partial charge in [0.05, 0.1) is 12.6 Å². The second-order valence-electron chi connectivity index (χ2n) is 5.07. The Bertz CT molecular complexity index is 462. The van der Waals surface area contributed by atoms with Crippen molar-refractivity contribution < 1.29 is 19.4 Å². The molecule has 0 aliphatic carbocycles. The van der Waals surface area contributed by atoms with Gasteiger partial charge in [-0.05, 0) is 18.1 Å². The molecule has 0 aliphatic rings. The van der Waals surface area contributed by atoms with Crippen LogP contribution in [0.2, 0.25) is 0 Å². The highest BCUT2D eigenvalue weighted by Crippen LogP contribution is 2.14. The molecule has 0 heterocycles. The first-order chi connectivity index (χ1) is 9.95. The molecule has 6 nitrogen and oxygen atoms in total. The van der Waals surface area contributed by atoms with Crippen molar-refractivity contribution in [3.05, 3.63) is 30.3 Å². The molecule has 0 spiro atoms. The fourth-order valence-corrected chi connectivity index (χ4v) is 1.84. The van der Waals surface area contributed by atoms with Gasteiger partial charge < -0.3 is 15.2 Å². The molecule has 0 aromatic heterocycles. The molecule has 2 N–H and O–H groups in total. The highest BCUT2D eigenvalue weighted by atomic mass is 16.5. The molecule has 21 heavy (non-hydrogen) atoms. The lowest BCUT2D eigenvalue weighted by molar-refractivity contribution is -0.135. The average molecular weight is 294 g/mol. The minimum Gasteiger partial charge on any atom is -0.480 e. The largest absolute Gasteiger partial charge is 0.480 e. The van der Waals surface area contributed by atoms with Crippen LogP contribution >= 0.6 is 0 Å². The number of nitrogens with zero attached hydrogens (tertiary/aromatic N) is 1. The molecule has 0 saturated carbocycles. The maximum absolute atomic E-state index is 12.4. The number of benzene rings is 1. The number of carbonyl (C=O) groups is 2. The Balaban J connectivity index is 2.87. The van der Waals surface area contributed by atoms with E-state index in [0.717, 1.165) is 0 Å². The van der Waals surface area contributed by atoms with Crippen molar-refractivity contribution in [1.29, 1.82) is 0 Å². The van der Waals surface area contributed by atoms with Crippen molar-refractivity contribution in [3.8, 4) is 0 Å². The molecule has 0 radical (unpaired) electrons. The van der Waals surface area contributed by atoms with E-state index in [-0.39, 0.29) is 12.0 Å². The van der Waals surface area contributed by atoms with Crippen LogP contribution in [0.3, 0.4) is 0 Å². The molecule has 1 rings (SSSR count). The van der Waals surface area contributed by atoms with Crippen LogP contribution in [0.25, 0.3) is 0 Å². The molecular weight excluding hydrogens is 272 g/mol. The summed E-state index contributed by atoms with van der Waals surface area (Å²) < 4.78 is 5.08. The van der Waals surface area contributed by atoms with Gasteiger partial charge in [-0.25, -0.2) is 4.79 Å². The van der Waals surface area contributed by atoms with Crippen molar-refractivity contribution in [2.75, 3.05) is 25.2 Å². The van der Waals surface area contributed by atoms with Gasteiger partial charge in [-0.2, -0.15) is 0 Å². The Kier molecular flexibility index (Phi) is 6.68. The highest BCUT2D eigenvalue weighted by Gasteiger charge is 2.23. The van der Waals surface area contributed by atoms with Crippen LogP contribution < -0.4 is 10.2 Å². The van der Waals surface area contributed by atoms with Crippen molar-refractivity contribution in [3.63, 3.8) is 0 Å². The number of urea groups is 1. The molecule has 1 aromatic carbocycles. The highest BCUT2D eigenvalue weighted by molar-refractivity contribution is 5.96. The zero-order valence-electron chi connectivity index (χ0n) is 12.6. The second-order valence-corrected chi connectivity index (χ2v) is 5.07. The van der Waals surface area contributed by atoms with E-state index in [1.54, 1.807) is 31.4 Å². The molecule has 116 valence electrons. The van der Waals surface area contributed by atoms with E-state index in [4.69, 9.17) is 9.84 Å². The number of nitrogens with one attached hydrogen (secondary N) is 1. The number of anilines is 1. The molecule has 1 atom stereocenters. The Labute approximate surface area is 124 Å². The number of carboxylic acid groups (broad SMARTS) is 1. The maximum Gasteiger partial charge on any atom is 0.323 e. The summed E-state index contributed by atoms with van der Waals surface area (Å²) in [4.78, 5) is 24.6. The van der Waals surface area contributed by atoms with Crippen LogP contribution in [0.5, 0.6) is 0 Å². The van der Waals surface area contributed by atoms with Gasteiger partial charge in [0.15, 0.2) is 0 Å². The van der Waals surface area contributed by atoms with E-state index >= 15 is 0 Å². The van der Waals surface area contributed by atoms with Crippen LogP contribution in [0.1, 0.15) is 13.8 Å². The third-order valence-corrected chi connectivity index (χ3v) is 3.07. The smallest absolute Gasteiger partial charge is 0.323 e. The summed E-state index contributed by atoms with van der Waals surface area (Å²) >= 11 is 0. The minimum absolute atomic E-state index is 0.177. The van der Waals surface area contributed by atoms with Gasteiger partial charge in [-0.3, -0.25) is 9.69 Å². The quantitative estimate of drug-likeness (QED) is 0.805. The lowest BCUT2D eigenvalue weighted by atomic mass is 10.1. The third kappa shape index (κ3) is 5.43. The Hall–Kier alpha value is -2.08. The molecule has 1 unspecified atom stereocenters. The number of methoxy groups -OCH3 is 1. The monoisotopic (exact) mass is 294 g/mol. The fraction of sp³-hybridized carbons (Fsp3) is 0.467. The van der Waals surface area contributed by atoms with E-state index in [9.17, 15) is 9.59 Å². The molecule has 0 fully saturated rings. The number of rotatable bonds is 7. The van der Waals surface area contributed by atoms with E-state index in [2.05, 4.69) is 5.32 Å². The topological polar surface area (TPSA) is 78.9 Å². The SMILES string of the molecule is COCC(NC(=O)N(CC(=O)O)c1ccccc1)C(C)C. The predicted octanol–water partition coefficient (Wildman–Crippen LogP) is 1.96. The number of hydrogen-bond acceptors (Lipinski definition) is 3. The molecular formula is C15H22N2O4. The number of hydrogen-bond donors (Lipinski definition) is 2. The zero-order valence-corrected chi connectivity index (χ0v) is 12.6. The summed E-state index contributed by atoms with van der Waals surface area (Å²) in [6, 6.07) is 8.09. The Morgan fingerprint density at radius 3 is 2.38 bits per heavy atom. The molecule has 0 bridgehead atoms. The summed E-state index contributed by atoms with van der Waals surface area (Å²) in [5.74, 6) is -0.891. The lowest BCUT2D eigenvalue weighted by Crippen LogP contribution is -2.50. The van der Waals surface area contributed by atoms with Crippen LogP contribution in [0.4, 0.5) is 10.5 Å². The van der Waals surface area contributed by atoms with E-state index in [1.165, 1.54) is 4.90 Å². The van der Waals surface area contributed by atoms with Gasteiger partial charge in [-0.1, -0.05) is 32.0 Å². The van der Waals surface area contributed by atoms with Gasteiger partial charge in [0.25, 0.3) is 0 Å². The van der Waals surface area contributed by atoms with Crippen molar-refractivity contribution in [2.24, 2.45) is 5.92 Å². The first-order valence-electron chi connectivity index (χ1n) is 6.79. The number of amides is 2. The minimum atomic E-state index is -1.07. The molecule has 2 amide bonds. The first kappa shape index (κ1) is 17.0. The van der Waals surface area contributed by atoms with Crippen molar-refractivity contribution >= 4 is 17.7 Å². The number of aliphatic carboxylic acids is 1. The van der Waals surface area contributed by atoms with Gasteiger partial charge >= 0.3 is 12.0 Å². The van der Waals surface area contributed by atoms with Crippen molar-refractivity contribution in [2.45, 2.75) is 19.9 Å². The predicted molar refractivity (Wildman–Crippen MR) is 80.5 cm³/mol. The first-order valence-corrected chi connectivity index (χ1v) is 6.79. The second kappa shape index (κ2) is 8.26. The Morgan fingerprint density at radius 1 is 1.29 bits per heavy atom. The van der Waals surface area contributed by atoms with Crippen LogP contribution in [-0.4, -0.2) is 43.4 Å². The lowest BCUT2D eigenvalue weighted by Gasteiger charge is -2.27. The van der Waals surface area contributed by atoms with E-state index < -0.39 is 18.5 Å². The zero-order chi connectivity index (χ0) is 15.8. The van der Waals surface area contributed by atoms with E-state index in [0.29, 0.717) is 12.3 Å². The van der Waals surface area contributed by atoms with Crippen LogP contribution in [0, 0.1) is 5.92 Å². The van der Waals surface area contributed by atoms with Gasteiger partial charge in [0.2, 0.25) is 0 Å². The number of ether oxygens (including phenoxy) is 1. The molecule has 0 saturated heterocycles. The Morgan fingerprint density at radius 2 is 1.90 bits per heavy atom. The molecule has 0 aliphatic heterocycles. The molecule has 1 aromatic rings. The number of carbonyl (C=O) groups excluding carboxylic acids is 1. The standard InChI is InChI=1S/C15H22N2O4/c1-11(2)13(10-21-3)16-15(20)17(9-14(18)19)12-7-5-4-6-8-12/h4-8,11,13H,9-10H2,1-3H3,(H,16,20)(H,18,19). The summed E-state index contributed by atoms with van der Waals surface area (Å²) in [5, 5.41) is 11.8. The van der Waals surface area contributed by atoms with Crippen LogP contribution in [0.15, 0.2) is 30.3 Å². The van der Waals surface area contributed by atoms with Gasteiger partial charge in [0.1, 0.15) is 6.54 Å².